The maximum Gasteiger partial charge on any atom is 0.335 e. The van der Waals surface area contributed by atoms with Gasteiger partial charge in [-0.2, -0.15) is 0 Å². The van der Waals surface area contributed by atoms with E-state index < -0.39 is 10.9 Å². The van der Waals surface area contributed by atoms with Gasteiger partial charge in [0.2, 0.25) is 0 Å². The molecule has 0 heterocycles. The number of hydrogen-bond acceptors (Lipinski definition) is 4. The molecule has 0 bridgehead atoms. The standard InChI is InChI=1S/C15H14N2O4/c1-10-7-13(17(20)21)5-6-14(10)16-9-11-3-2-4-12(8-11)15(18)19/h2-8,16H,9H2,1H3,(H,18,19). The molecule has 2 rings (SSSR count). The van der Waals surface area contributed by atoms with Gasteiger partial charge in [-0.1, -0.05) is 12.1 Å². The summed E-state index contributed by atoms with van der Waals surface area (Å²) in [6.45, 7) is 2.22. The second-order valence-electron chi connectivity index (χ2n) is 4.62. The maximum absolute atomic E-state index is 10.9. The smallest absolute Gasteiger partial charge is 0.335 e. The van der Waals surface area contributed by atoms with Crippen LogP contribution in [-0.2, 0) is 6.54 Å². The number of non-ortho nitro benzene ring substituents is 1. The zero-order chi connectivity index (χ0) is 15.4. The van der Waals surface area contributed by atoms with E-state index in [0.717, 1.165) is 16.8 Å². The molecule has 0 amide bonds. The van der Waals surface area contributed by atoms with Crippen molar-refractivity contribution in [1.82, 2.24) is 0 Å². The number of nitrogens with one attached hydrogen (secondary N) is 1. The van der Waals surface area contributed by atoms with Crippen molar-refractivity contribution < 1.29 is 14.8 Å². The molecule has 21 heavy (non-hydrogen) atoms. The highest BCUT2D eigenvalue weighted by Crippen LogP contribution is 2.21. The van der Waals surface area contributed by atoms with E-state index in [9.17, 15) is 14.9 Å². The van der Waals surface area contributed by atoms with Gasteiger partial charge in [0.15, 0.2) is 0 Å². The second kappa shape index (κ2) is 6.04. The van der Waals surface area contributed by atoms with Crippen molar-refractivity contribution in [3.05, 3.63) is 69.3 Å². The van der Waals surface area contributed by atoms with Crippen LogP contribution >= 0.6 is 0 Å². The number of carboxylic acids is 1. The first-order valence-electron chi connectivity index (χ1n) is 6.28. The third-order valence-electron chi connectivity index (χ3n) is 3.08. The molecule has 0 aliphatic rings. The lowest BCUT2D eigenvalue weighted by Crippen LogP contribution is -2.03. The molecule has 6 nitrogen and oxygen atoms in total. The number of carboxylic acid groups (broad SMARTS) is 1. The number of nitro benzene ring substituents is 1. The molecule has 0 aliphatic carbocycles. The summed E-state index contributed by atoms with van der Waals surface area (Å²) in [6.07, 6.45) is 0. The number of nitro groups is 1. The summed E-state index contributed by atoms with van der Waals surface area (Å²) in [5, 5.41) is 22.8. The highest BCUT2D eigenvalue weighted by Gasteiger charge is 2.08. The molecule has 0 spiro atoms. The number of anilines is 1. The largest absolute Gasteiger partial charge is 0.478 e. The lowest BCUT2D eigenvalue weighted by Gasteiger charge is -2.10. The molecule has 0 aliphatic heterocycles. The van der Waals surface area contributed by atoms with E-state index in [2.05, 4.69) is 5.32 Å². The fourth-order valence-corrected chi connectivity index (χ4v) is 1.97. The molecule has 0 aromatic heterocycles. The zero-order valence-corrected chi connectivity index (χ0v) is 11.4. The van der Waals surface area contributed by atoms with E-state index in [1.807, 2.05) is 6.07 Å². The first-order chi connectivity index (χ1) is 9.97. The van der Waals surface area contributed by atoms with Gasteiger partial charge in [0.1, 0.15) is 0 Å². The van der Waals surface area contributed by atoms with E-state index in [0.29, 0.717) is 6.54 Å². The van der Waals surface area contributed by atoms with Crippen LogP contribution in [0.15, 0.2) is 42.5 Å². The van der Waals surface area contributed by atoms with Gasteiger partial charge in [0.05, 0.1) is 10.5 Å². The fraction of sp³-hybridized carbons (Fsp3) is 0.133. The van der Waals surface area contributed by atoms with Crippen LogP contribution in [0.2, 0.25) is 0 Å². The summed E-state index contributed by atoms with van der Waals surface area (Å²) in [6, 6.07) is 11.2. The first-order valence-corrected chi connectivity index (χ1v) is 6.28. The van der Waals surface area contributed by atoms with E-state index in [-0.39, 0.29) is 11.3 Å². The summed E-state index contributed by atoms with van der Waals surface area (Å²) in [4.78, 5) is 21.1. The first kappa shape index (κ1) is 14.5. The SMILES string of the molecule is Cc1cc([N+](=O)[O-])ccc1NCc1cccc(C(=O)O)c1. The monoisotopic (exact) mass is 286 g/mol. The molecule has 0 atom stereocenters. The molecule has 0 radical (unpaired) electrons. The van der Waals surface area contributed by atoms with Gasteiger partial charge < -0.3 is 10.4 Å². The number of aromatic carboxylic acids is 1. The van der Waals surface area contributed by atoms with E-state index in [4.69, 9.17) is 5.11 Å². The van der Waals surface area contributed by atoms with Crippen molar-refractivity contribution in [2.75, 3.05) is 5.32 Å². The van der Waals surface area contributed by atoms with Crippen LogP contribution in [0.25, 0.3) is 0 Å². The Labute approximate surface area is 121 Å². The molecular weight excluding hydrogens is 272 g/mol. The predicted molar refractivity (Wildman–Crippen MR) is 78.6 cm³/mol. The highest BCUT2D eigenvalue weighted by molar-refractivity contribution is 5.87. The second-order valence-corrected chi connectivity index (χ2v) is 4.62. The number of hydrogen-bond donors (Lipinski definition) is 2. The highest BCUT2D eigenvalue weighted by atomic mass is 16.6. The van der Waals surface area contributed by atoms with Crippen molar-refractivity contribution in [2.24, 2.45) is 0 Å². The van der Waals surface area contributed by atoms with Gasteiger partial charge in [0, 0.05) is 24.4 Å². The summed E-state index contributed by atoms with van der Waals surface area (Å²) >= 11 is 0. The van der Waals surface area contributed by atoms with Crippen molar-refractivity contribution in [3.8, 4) is 0 Å². The average Bonchev–Trinajstić information content (AvgIpc) is 2.46. The van der Waals surface area contributed by atoms with Gasteiger partial charge in [-0.25, -0.2) is 4.79 Å². The van der Waals surface area contributed by atoms with E-state index in [1.165, 1.54) is 18.2 Å². The maximum atomic E-state index is 10.9. The Bertz CT molecular complexity index is 698. The van der Waals surface area contributed by atoms with Gasteiger partial charge in [-0.05, 0) is 36.2 Å². The number of rotatable bonds is 5. The summed E-state index contributed by atoms with van der Waals surface area (Å²) < 4.78 is 0. The van der Waals surface area contributed by atoms with Crippen LogP contribution in [0.1, 0.15) is 21.5 Å². The average molecular weight is 286 g/mol. The minimum Gasteiger partial charge on any atom is -0.478 e. The van der Waals surface area contributed by atoms with Gasteiger partial charge in [-0.3, -0.25) is 10.1 Å². The van der Waals surface area contributed by atoms with Gasteiger partial charge in [0.25, 0.3) is 5.69 Å². The normalized spacial score (nSPS) is 10.1. The molecule has 108 valence electrons. The van der Waals surface area contributed by atoms with Crippen LogP contribution < -0.4 is 5.32 Å². The minimum absolute atomic E-state index is 0.0472. The predicted octanol–water partition coefficient (Wildman–Crippen LogP) is 3.21. The number of carbonyl (C=O) groups is 1. The van der Waals surface area contributed by atoms with Crippen LogP contribution in [0.4, 0.5) is 11.4 Å². The van der Waals surface area contributed by atoms with E-state index >= 15 is 0 Å². The molecular formula is C15H14N2O4. The fourth-order valence-electron chi connectivity index (χ4n) is 1.97. The Morgan fingerprint density at radius 2 is 2.05 bits per heavy atom. The molecule has 6 heteroatoms. The molecule has 2 N–H and O–H groups in total. The lowest BCUT2D eigenvalue weighted by molar-refractivity contribution is -0.384. The van der Waals surface area contributed by atoms with Crippen molar-refractivity contribution >= 4 is 17.3 Å². The third-order valence-corrected chi connectivity index (χ3v) is 3.08. The summed E-state index contributed by atoms with van der Waals surface area (Å²) in [5.74, 6) is -0.969. The topological polar surface area (TPSA) is 92.5 Å². The van der Waals surface area contributed by atoms with Crippen molar-refractivity contribution in [3.63, 3.8) is 0 Å². The van der Waals surface area contributed by atoms with Crippen LogP contribution in [0.5, 0.6) is 0 Å². The Balaban J connectivity index is 2.11. The number of aryl methyl sites for hydroxylation is 1. The van der Waals surface area contributed by atoms with Crippen LogP contribution in [-0.4, -0.2) is 16.0 Å². The number of benzene rings is 2. The molecule has 0 unspecified atom stereocenters. The molecule has 0 saturated carbocycles. The Kier molecular flexibility index (Phi) is 4.18. The number of nitrogens with zero attached hydrogens (tertiary/aromatic N) is 1. The quantitative estimate of drug-likeness (QED) is 0.650. The Morgan fingerprint density at radius 1 is 1.29 bits per heavy atom. The van der Waals surface area contributed by atoms with Gasteiger partial charge >= 0.3 is 5.97 Å². The lowest BCUT2D eigenvalue weighted by atomic mass is 10.1. The minimum atomic E-state index is -0.969. The van der Waals surface area contributed by atoms with Crippen molar-refractivity contribution in [2.45, 2.75) is 13.5 Å². The third kappa shape index (κ3) is 3.56. The Hall–Kier alpha value is -2.89. The summed E-state index contributed by atoms with van der Waals surface area (Å²) in [7, 11) is 0. The molecule has 2 aromatic carbocycles. The Morgan fingerprint density at radius 3 is 2.67 bits per heavy atom. The zero-order valence-electron chi connectivity index (χ0n) is 11.4. The van der Waals surface area contributed by atoms with Crippen LogP contribution in [0.3, 0.4) is 0 Å². The van der Waals surface area contributed by atoms with E-state index in [1.54, 1.807) is 25.1 Å². The molecule has 2 aromatic rings. The summed E-state index contributed by atoms with van der Waals surface area (Å²) in [5.41, 5.74) is 2.65. The van der Waals surface area contributed by atoms with Gasteiger partial charge in [-0.15, -0.1) is 0 Å². The molecule has 0 saturated heterocycles. The van der Waals surface area contributed by atoms with Crippen molar-refractivity contribution in [1.29, 1.82) is 0 Å². The van der Waals surface area contributed by atoms with Crippen LogP contribution in [0, 0.1) is 17.0 Å². The molecule has 0 fully saturated rings.